The molecule has 0 radical (unpaired) electrons. The van der Waals surface area contributed by atoms with Crippen molar-refractivity contribution in [2.24, 2.45) is 0 Å². The first-order valence-corrected chi connectivity index (χ1v) is 7.42. The van der Waals surface area contributed by atoms with Crippen molar-refractivity contribution in [2.75, 3.05) is 7.05 Å². The molecule has 0 aliphatic heterocycles. The van der Waals surface area contributed by atoms with Gasteiger partial charge in [-0.1, -0.05) is 45.0 Å². The van der Waals surface area contributed by atoms with Gasteiger partial charge in [-0.2, -0.15) is 0 Å². The van der Waals surface area contributed by atoms with Crippen LogP contribution in [0, 0.1) is 6.92 Å². The van der Waals surface area contributed by atoms with Crippen LogP contribution in [0.4, 0.5) is 0 Å². The lowest BCUT2D eigenvalue weighted by atomic mass is 9.87. The summed E-state index contributed by atoms with van der Waals surface area (Å²) in [5, 5.41) is 3.16. The van der Waals surface area contributed by atoms with Crippen LogP contribution in [0.1, 0.15) is 37.5 Å². The van der Waals surface area contributed by atoms with E-state index in [1.807, 2.05) is 19.2 Å². The average Bonchev–Trinajstić information content (AvgIpc) is 2.42. The van der Waals surface area contributed by atoms with E-state index in [1.165, 1.54) is 11.1 Å². The van der Waals surface area contributed by atoms with E-state index in [4.69, 9.17) is 4.74 Å². The maximum absolute atomic E-state index is 6.06. The van der Waals surface area contributed by atoms with Gasteiger partial charge in [0.2, 0.25) is 0 Å². The number of benzene rings is 2. The molecule has 0 aromatic heterocycles. The van der Waals surface area contributed by atoms with Crippen LogP contribution in [-0.2, 0) is 12.0 Å². The third kappa shape index (κ3) is 4.08. The highest BCUT2D eigenvalue weighted by molar-refractivity contribution is 5.41. The van der Waals surface area contributed by atoms with E-state index in [0.29, 0.717) is 0 Å². The van der Waals surface area contributed by atoms with Crippen molar-refractivity contribution in [1.29, 1.82) is 0 Å². The molecule has 0 bridgehead atoms. The van der Waals surface area contributed by atoms with Crippen LogP contribution in [0.25, 0.3) is 0 Å². The standard InChI is InChI=1S/C19H25NO/c1-14-11-15(13-20-5)9-10-18(14)21-17-8-6-7-16(12-17)19(2,3)4/h6-12,20H,13H2,1-5H3. The molecule has 0 aliphatic rings. The van der Waals surface area contributed by atoms with Crippen LogP contribution in [0.2, 0.25) is 0 Å². The fraction of sp³-hybridized carbons (Fsp3) is 0.368. The second kappa shape index (κ2) is 6.31. The Balaban J connectivity index is 2.22. The number of ether oxygens (including phenoxy) is 1. The molecule has 0 aliphatic carbocycles. The molecule has 2 rings (SSSR count). The van der Waals surface area contributed by atoms with Crippen LogP contribution in [0.5, 0.6) is 11.5 Å². The smallest absolute Gasteiger partial charge is 0.130 e. The molecule has 0 fully saturated rings. The van der Waals surface area contributed by atoms with Crippen LogP contribution < -0.4 is 10.1 Å². The first-order chi connectivity index (χ1) is 9.90. The zero-order valence-electron chi connectivity index (χ0n) is 13.7. The van der Waals surface area contributed by atoms with Gasteiger partial charge >= 0.3 is 0 Å². The molecule has 2 aromatic carbocycles. The normalized spacial score (nSPS) is 11.5. The minimum Gasteiger partial charge on any atom is -0.457 e. The van der Waals surface area contributed by atoms with Crippen molar-refractivity contribution < 1.29 is 4.74 Å². The fourth-order valence-corrected chi connectivity index (χ4v) is 2.29. The summed E-state index contributed by atoms with van der Waals surface area (Å²) in [5.74, 6) is 1.81. The Morgan fingerprint density at radius 1 is 1.05 bits per heavy atom. The molecule has 0 atom stereocenters. The predicted octanol–water partition coefficient (Wildman–Crippen LogP) is 4.80. The molecule has 2 nitrogen and oxygen atoms in total. The fourth-order valence-electron chi connectivity index (χ4n) is 2.29. The number of rotatable bonds is 4. The molecule has 2 aromatic rings. The zero-order chi connectivity index (χ0) is 15.5. The van der Waals surface area contributed by atoms with Gasteiger partial charge in [0.05, 0.1) is 0 Å². The van der Waals surface area contributed by atoms with Gasteiger partial charge in [-0.25, -0.2) is 0 Å². The van der Waals surface area contributed by atoms with Gasteiger partial charge in [-0.05, 0) is 54.3 Å². The number of hydrogen-bond donors (Lipinski definition) is 1. The Bertz CT molecular complexity index is 611. The molecule has 0 heterocycles. The van der Waals surface area contributed by atoms with E-state index >= 15 is 0 Å². The van der Waals surface area contributed by atoms with Crippen molar-refractivity contribution in [3.05, 3.63) is 59.2 Å². The Labute approximate surface area is 128 Å². The lowest BCUT2D eigenvalue weighted by molar-refractivity contribution is 0.474. The third-order valence-corrected chi connectivity index (χ3v) is 3.55. The van der Waals surface area contributed by atoms with Crippen LogP contribution in [-0.4, -0.2) is 7.05 Å². The monoisotopic (exact) mass is 283 g/mol. The maximum Gasteiger partial charge on any atom is 0.130 e. The highest BCUT2D eigenvalue weighted by Gasteiger charge is 2.14. The summed E-state index contributed by atoms with van der Waals surface area (Å²) in [4.78, 5) is 0. The minimum absolute atomic E-state index is 0.130. The molecular weight excluding hydrogens is 258 g/mol. The zero-order valence-corrected chi connectivity index (χ0v) is 13.7. The Kier molecular flexibility index (Phi) is 4.69. The highest BCUT2D eigenvalue weighted by atomic mass is 16.5. The van der Waals surface area contributed by atoms with Gasteiger partial charge in [0.15, 0.2) is 0 Å². The van der Waals surface area contributed by atoms with Crippen molar-refractivity contribution in [2.45, 2.75) is 39.7 Å². The molecule has 112 valence electrons. The van der Waals surface area contributed by atoms with Crippen LogP contribution in [0.15, 0.2) is 42.5 Å². The van der Waals surface area contributed by atoms with Crippen molar-refractivity contribution in [1.82, 2.24) is 5.32 Å². The van der Waals surface area contributed by atoms with Gasteiger partial charge in [0, 0.05) is 6.54 Å². The summed E-state index contributed by atoms with van der Waals surface area (Å²) in [7, 11) is 1.96. The maximum atomic E-state index is 6.06. The molecular formula is C19H25NO. The number of aryl methyl sites for hydroxylation is 1. The summed E-state index contributed by atoms with van der Waals surface area (Å²) >= 11 is 0. The van der Waals surface area contributed by atoms with E-state index in [9.17, 15) is 0 Å². The second-order valence-electron chi connectivity index (χ2n) is 6.51. The average molecular weight is 283 g/mol. The summed E-state index contributed by atoms with van der Waals surface area (Å²) in [6, 6.07) is 14.7. The van der Waals surface area contributed by atoms with E-state index < -0.39 is 0 Å². The molecule has 0 spiro atoms. The van der Waals surface area contributed by atoms with Crippen molar-refractivity contribution >= 4 is 0 Å². The Morgan fingerprint density at radius 3 is 2.43 bits per heavy atom. The van der Waals surface area contributed by atoms with E-state index in [-0.39, 0.29) is 5.41 Å². The Hall–Kier alpha value is -1.80. The first kappa shape index (κ1) is 15.6. The van der Waals surface area contributed by atoms with Gasteiger partial charge in [0.1, 0.15) is 11.5 Å². The van der Waals surface area contributed by atoms with Crippen LogP contribution in [0.3, 0.4) is 0 Å². The molecule has 21 heavy (non-hydrogen) atoms. The minimum atomic E-state index is 0.130. The topological polar surface area (TPSA) is 21.3 Å². The number of nitrogens with one attached hydrogen (secondary N) is 1. The van der Waals surface area contributed by atoms with Crippen molar-refractivity contribution in [3.63, 3.8) is 0 Å². The van der Waals surface area contributed by atoms with E-state index in [1.54, 1.807) is 0 Å². The number of hydrogen-bond acceptors (Lipinski definition) is 2. The van der Waals surface area contributed by atoms with Crippen molar-refractivity contribution in [3.8, 4) is 11.5 Å². The highest BCUT2D eigenvalue weighted by Crippen LogP contribution is 2.30. The second-order valence-corrected chi connectivity index (χ2v) is 6.51. The van der Waals surface area contributed by atoms with Gasteiger partial charge < -0.3 is 10.1 Å². The van der Waals surface area contributed by atoms with E-state index in [0.717, 1.165) is 23.6 Å². The molecule has 2 heteroatoms. The van der Waals surface area contributed by atoms with Crippen LogP contribution >= 0.6 is 0 Å². The molecule has 0 saturated heterocycles. The molecule has 0 amide bonds. The van der Waals surface area contributed by atoms with Gasteiger partial charge in [0.25, 0.3) is 0 Å². The summed E-state index contributed by atoms with van der Waals surface area (Å²) in [6.45, 7) is 9.60. The predicted molar refractivity (Wildman–Crippen MR) is 89.2 cm³/mol. The molecule has 0 saturated carbocycles. The van der Waals surface area contributed by atoms with Gasteiger partial charge in [-0.3, -0.25) is 0 Å². The largest absolute Gasteiger partial charge is 0.457 e. The van der Waals surface area contributed by atoms with Gasteiger partial charge in [-0.15, -0.1) is 0 Å². The quantitative estimate of drug-likeness (QED) is 0.870. The molecule has 0 unspecified atom stereocenters. The SMILES string of the molecule is CNCc1ccc(Oc2cccc(C(C)(C)C)c2)c(C)c1. The third-order valence-electron chi connectivity index (χ3n) is 3.55. The first-order valence-electron chi connectivity index (χ1n) is 7.42. The lowest BCUT2D eigenvalue weighted by Crippen LogP contribution is -2.10. The lowest BCUT2D eigenvalue weighted by Gasteiger charge is -2.20. The summed E-state index contributed by atoms with van der Waals surface area (Å²) in [6.07, 6.45) is 0. The Morgan fingerprint density at radius 2 is 1.81 bits per heavy atom. The molecule has 1 N–H and O–H groups in total. The van der Waals surface area contributed by atoms with E-state index in [2.05, 4.69) is 63.3 Å². The summed E-state index contributed by atoms with van der Waals surface area (Å²) in [5.41, 5.74) is 3.84. The summed E-state index contributed by atoms with van der Waals surface area (Å²) < 4.78 is 6.06.